The van der Waals surface area contributed by atoms with Gasteiger partial charge in [0.15, 0.2) is 0 Å². The van der Waals surface area contributed by atoms with Gasteiger partial charge in [0, 0.05) is 18.5 Å². The lowest BCUT2D eigenvalue weighted by Crippen LogP contribution is -2.17. The zero-order chi connectivity index (χ0) is 14.5. The number of aromatic hydroxyl groups is 1. The summed E-state index contributed by atoms with van der Waals surface area (Å²) in [6, 6.07) is 9.03. The number of nitrogens with zero attached hydrogens (tertiary/aromatic N) is 2. The Morgan fingerprint density at radius 2 is 2.10 bits per heavy atom. The molecule has 2 aromatic rings. The van der Waals surface area contributed by atoms with Crippen LogP contribution in [-0.2, 0) is 11.2 Å². The van der Waals surface area contributed by atoms with Crippen molar-refractivity contribution in [3.05, 3.63) is 42.1 Å². The van der Waals surface area contributed by atoms with Gasteiger partial charge in [-0.05, 0) is 31.9 Å². The zero-order valence-corrected chi connectivity index (χ0v) is 11.7. The summed E-state index contributed by atoms with van der Waals surface area (Å²) in [5, 5.41) is 16.7. The van der Waals surface area contributed by atoms with Crippen molar-refractivity contribution < 1.29 is 9.90 Å². The summed E-state index contributed by atoms with van der Waals surface area (Å²) in [6.07, 6.45) is 2.49. The third-order valence-electron chi connectivity index (χ3n) is 3.04. The summed E-state index contributed by atoms with van der Waals surface area (Å²) < 4.78 is 1.76. The monoisotopic (exact) mass is 273 g/mol. The Morgan fingerprint density at radius 3 is 2.80 bits per heavy atom. The molecule has 0 unspecified atom stereocenters. The van der Waals surface area contributed by atoms with Gasteiger partial charge >= 0.3 is 0 Å². The van der Waals surface area contributed by atoms with Crippen LogP contribution in [0.15, 0.2) is 36.5 Å². The molecular formula is C15H19N3O2. The molecule has 0 bridgehead atoms. The van der Waals surface area contributed by atoms with Gasteiger partial charge in [-0.2, -0.15) is 5.10 Å². The molecule has 1 aromatic heterocycles. The smallest absolute Gasteiger partial charge is 0.225 e. The molecule has 0 atom stereocenters. The van der Waals surface area contributed by atoms with Gasteiger partial charge in [0.1, 0.15) is 11.6 Å². The third kappa shape index (κ3) is 3.38. The Balaban J connectivity index is 1.93. The number of hydrogen-bond donors (Lipinski definition) is 2. The van der Waals surface area contributed by atoms with Crippen molar-refractivity contribution in [3.63, 3.8) is 0 Å². The largest absolute Gasteiger partial charge is 0.508 e. The van der Waals surface area contributed by atoms with Crippen molar-refractivity contribution in [2.75, 3.05) is 5.32 Å². The Kier molecular flexibility index (Phi) is 4.40. The van der Waals surface area contributed by atoms with E-state index in [-0.39, 0.29) is 17.7 Å². The maximum Gasteiger partial charge on any atom is 0.225 e. The van der Waals surface area contributed by atoms with E-state index in [1.54, 1.807) is 29.1 Å². The summed E-state index contributed by atoms with van der Waals surface area (Å²) in [6.45, 7) is 4.01. The first kappa shape index (κ1) is 14.1. The minimum absolute atomic E-state index is 0.0874. The fraction of sp³-hybridized carbons (Fsp3) is 0.333. The maximum absolute atomic E-state index is 11.9. The number of hydrogen-bond acceptors (Lipinski definition) is 3. The third-order valence-corrected chi connectivity index (χ3v) is 3.04. The van der Waals surface area contributed by atoms with Gasteiger partial charge in [0.05, 0.1) is 6.20 Å². The number of carbonyl (C=O) groups excluding carboxylic acids is 1. The number of amides is 1. The Hall–Kier alpha value is -2.30. The molecule has 2 rings (SSSR count). The topological polar surface area (TPSA) is 67.2 Å². The van der Waals surface area contributed by atoms with Crippen molar-refractivity contribution in [2.24, 2.45) is 0 Å². The summed E-state index contributed by atoms with van der Waals surface area (Å²) in [4.78, 5) is 11.9. The Labute approximate surface area is 118 Å². The lowest BCUT2D eigenvalue weighted by Gasteiger charge is -2.11. The predicted molar refractivity (Wildman–Crippen MR) is 77.7 cm³/mol. The van der Waals surface area contributed by atoms with Gasteiger partial charge in [0.25, 0.3) is 0 Å². The lowest BCUT2D eigenvalue weighted by molar-refractivity contribution is -0.116. The van der Waals surface area contributed by atoms with Crippen LogP contribution in [0.1, 0.15) is 31.9 Å². The highest BCUT2D eigenvalue weighted by atomic mass is 16.3. The quantitative estimate of drug-likeness (QED) is 0.880. The molecule has 0 radical (unpaired) electrons. The molecule has 5 heteroatoms. The van der Waals surface area contributed by atoms with Crippen LogP contribution in [0.3, 0.4) is 0 Å². The second-order valence-corrected chi connectivity index (χ2v) is 4.93. The number of aryl methyl sites for hydroxylation is 1. The van der Waals surface area contributed by atoms with E-state index >= 15 is 0 Å². The van der Waals surface area contributed by atoms with Gasteiger partial charge in [-0.25, -0.2) is 4.68 Å². The standard InChI is InChI=1S/C15H19N3O2/c1-11(2)18-14(9-10-16-18)17-15(20)8-7-12-5-3-4-6-13(12)19/h3-6,9-11,19H,7-8H2,1-2H3,(H,17,20). The highest BCUT2D eigenvalue weighted by molar-refractivity contribution is 5.90. The minimum atomic E-state index is -0.0874. The summed E-state index contributed by atoms with van der Waals surface area (Å²) in [7, 11) is 0. The first-order valence-electron chi connectivity index (χ1n) is 6.68. The van der Waals surface area contributed by atoms with Crippen LogP contribution in [0.5, 0.6) is 5.75 Å². The van der Waals surface area contributed by atoms with Gasteiger partial charge in [-0.15, -0.1) is 0 Å². The fourth-order valence-corrected chi connectivity index (χ4v) is 2.00. The molecule has 106 valence electrons. The number of benzene rings is 1. The van der Waals surface area contributed by atoms with E-state index in [2.05, 4.69) is 10.4 Å². The molecule has 20 heavy (non-hydrogen) atoms. The minimum Gasteiger partial charge on any atom is -0.508 e. The molecule has 2 N–H and O–H groups in total. The molecule has 0 saturated carbocycles. The van der Waals surface area contributed by atoms with Gasteiger partial charge in [-0.1, -0.05) is 18.2 Å². The molecule has 0 saturated heterocycles. The van der Waals surface area contributed by atoms with Gasteiger partial charge in [-0.3, -0.25) is 4.79 Å². The fourth-order valence-electron chi connectivity index (χ4n) is 2.00. The van der Waals surface area contributed by atoms with E-state index in [9.17, 15) is 9.90 Å². The van der Waals surface area contributed by atoms with Crippen molar-refractivity contribution in [1.29, 1.82) is 0 Å². The summed E-state index contributed by atoms with van der Waals surface area (Å²) >= 11 is 0. The average molecular weight is 273 g/mol. The normalized spacial score (nSPS) is 10.8. The summed E-state index contributed by atoms with van der Waals surface area (Å²) in [5.74, 6) is 0.838. The van der Waals surface area contributed by atoms with Crippen LogP contribution in [0.2, 0.25) is 0 Å². The number of nitrogens with one attached hydrogen (secondary N) is 1. The van der Waals surface area contributed by atoms with Crippen molar-refractivity contribution in [1.82, 2.24) is 9.78 Å². The number of anilines is 1. The molecule has 1 aromatic carbocycles. The molecule has 0 aliphatic heterocycles. The van der Waals surface area contributed by atoms with E-state index in [0.717, 1.165) is 5.56 Å². The number of phenolic OH excluding ortho intramolecular Hbond substituents is 1. The number of phenols is 1. The predicted octanol–water partition coefficient (Wildman–Crippen LogP) is 2.74. The van der Waals surface area contributed by atoms with Crippen molar-refractivity contribution >= 4 is 11.7 Å². The highest BCUT2D eigenvalue weighted by Gasteiger charge is 2.10. The molecule has 1 heterocycles. The first-order valence-corrected chi connectivity index (χ1v) is 6.68. The van der Waals surface area contributed by atoms with E-state index < -0.39 is 0 Å². The zero-order valence-electron chi connectivity index (χ0n) is 11.7. The van der Waals surface area contributed by atoms with E-state index in [4.69, 9.17) is 0 Å². The molecule has 1 amide bonds. The van der Waals surface area contributed by atoms with Crippen LogP contribution in [0.4, 0.5) is 5.82 Å². The average Bonchev–Trinajstić information content (AvgIpc) is 2.86. The molecule has 0 aliphatic rings. The molecule has 0 spiro atoms. The second kappa shape index (κ2) is 6.23. The van der Waals surface area contributed by atoms with E-state index in [0.29, 0.717) is 18.7 Å². The van der Waals surface area contributed by atoms with Crippen molar-refractivity contribution in [3.8, 4) is 5.75 Å². The Bertz CT molecular complexity index is 590. The van der Waals surface area contributed by atoms with Crippen LogP contribution in [-0.4, -0.2) is 20.8 Å². The molecule has 0 fully saturated rings. The second-order valence-electron chi connectivity index (χ2n) is 4.93. The Morgan fingerprint density at radius 1 is 1.35 bits per heavy atom. The van der Waals surface area contributed by atoms with Gasteiger partial charge < -0.3 is 10.4 Å². The van der Waals surface area contributed by atoms with Crippen LogP contribution in [0, 0.1) is 0 Å². The summed E-state index contributed by atoms with van der Waals surface area (Å²) in [5.41, 5.74) is 0.778. The highest BCUT2D eigenvalue weighted by Crippen LogP contribution is 2.18. The number of aromatic nitrogens is 2. The molecule has 0 aliphatic carbocycles. The van der Waals surface area contributed by atoms with Crippen LogP contribution in [0.25, 0.3) is 0 Å². The molecular weight excluding hydrogens is 254 g/mol. The van der Waals surface area contributed by atoms with E-state index in [1.165, 1.54) is 0 Å². The lowest BCUT2D eigenvalue weighted by atomic mass is 10.1. The molecule has 5 nitrogen and oxygen atoms in total. The van der Waals surface area contributed by atoms with Crippen LogP contribution >= 0.6 is 0 Å². The number of rotatable bonds is 5. The van der Waals surface area contributed by atoms with E-state index in [1.807, 2.05) is 26.0 Å². The van der Waals surface area contributed by atoms with Crippen LogP contribution < -0.4 is 5.32 Å². The number of carbonyl (C=O) groups is 1. The number of para-hydroxylation sites is 1. The maximum atomic E-state index is 11.9. The van der Waals surface area contributed by atoms with Crippen molar-refractivity contribution in [2.45, 2.75) is 32.7 Å². The SMILES string of the molecule is CC(C)n1nccc1NC(=O)CCc1ccccc1O. The first-order chi connectivity index (χ1) is 9.58. The van der Waals surface area contributed by atoms with Gasteiger partial charge in [0.2, 0.25) is 5.91 Å².